The lowest BCUT2D eigenvalue weighted by Crippen LogP contribution is -2.31. The van der Waals surface area contributed by atoms with Crippen LogP contribution in [0.4, 0.5) is 0 Å². The normalized spacial score (nSPS) is 15.2. The zero-order chi connectivity index (χ0) is 12.5. The Morgan fingerprint density at radius 1 is 1.50 bits per heavy atom. The highest BCUT2D eigenvalue weighted by Gasteiger charge is 2.24. The van der Waals surface area contributed by atoms with Crippen LogP contribution in [0.25, 0.3) is 0 Å². The minimum absolute atomic E-state index is 0.155. The Hall–Kier alpha value is -1.85. The molecule has 1 aliphatic heterocycles. The van der Waals surface area contributed by atoms with E-state index in [4.69, 9.17) is 10.6 Å². The number of hydrazine groups is 1. The molecule has 1 aromatic carbocycles. The molecule has 2 aromatic rings. The van der Waals surface area contributed by atoms with Crippen molar-refractivity contribution in [3.05, 3.63) is 47.5 Å². The predicted molar refractivity (Wildman–Crippen MR) is 68.0 cm³/mol. The fraction of sp³-hybridized carbons (Fsp3) is 0.308. The third-order valence-corrected chi connectivity index (χ3v) is 3.34. The monoisotopic (exact) mass is 244 g/mol. The molecule has 0 saturated heterocycles. The molecule has 0 radical (unpaired) electrons. The summed E-state index contributed by atoms with van der Waals surface area (Å²) in [6, 6.07) is 6.01. The Labute approximate surface area is 106 Å². The molecule has 0 amide bonds. The molecule has 3 N–H and O–H groups in total. The Morgan fingerprint density at radius 3 is 3.11 bits per heavy atom. The van der Waals surface area contributed by atoms with Crippen molar-refractivity contribution in [2.75, 3.05) is 6.61 Å². The highest BCUT2D eigenvalue weighted by molar-refractivity contribution is 5.47. The third-order valence-electron chi connectivity index (χ3n) is 3.34. The summed E-state index contributed by atoms with van der Waals surface area (Å²) >= 11 is 0. The van der Waals surface area contributed by atoms with Gasteiger partial charge in [0.1, 0.15) is 17.6 Å². The molecule has 1 atom stereocenters. The number of benzene rings is 1. The molecular formula is C13H16N4O. The number of aryl methyl sites for hydroxylation is 1. The maximum atomic E-state index is 5.72. The standard InChI is InChI=1S/C13H16N4O/c1-17-7-6-15-13(17)11(16-14)10-4-2-3-9-5-8-18-12(9)10/h2-4,6-7,11,16H,5,8,14H2,1H3. The van der Waals surface area contributed by atoms with Crippen LogP contribution in [0.2, 0.25) is 0 Å². The summed E-state index contributed by atoms with van der Waals surface area (Å²) in [5.74, 6) is 7.52. The molecule has 0 aliphatic carbocycles. The Kier molecular flexibility index (Phi) is 2.77. The topological polar surface area (TPSA) is 65.1 Å². The first kappa shape index (κ1) is 11.3. The molecular weight excluding hydrogens is 228 g/mol. The number of aromatic nitrogens is 2. The van der Waals surface area contributed by atoms with Gasteiger partial charge in [0, 0.05) is 31.4 Å². The molecule has 94 valence electrons. The molecule has 0 saturated carbocycles. The largest absolute Gasteiger partial charge is 0.493 e. The van der Waals surface area contributed by atoms with Gasteiger partial charge in [0.25, 0.3) is 0 Å². The van der Waals surface area contributed by atoms with Gasteiger partial charge in [-0.2, -0.15) is 0 Å². The second kappa shape index (κ2) is 4.44. The van der Waals surface area contributed by atoms with E-state index in [2.05, 4.69) is 16.5 Å². The summed E-state index contributed by atoms with van der Waals surface area (Å²) in [6.45, 7) is 0.740. The van der Waals surface area contributed by atoms with Crippen LogP contribution in [0.5, 0.6) is 5.75 Å². The van der Waals surface area contributed by atoms with E-state index in [9.17, 15) is 0 Å². The molecule has 0 spiro atoms. The van der Waals surface area contributed by atoms with Gasteiger partial charge in [-0.3, -0.25) is 5.84 Å². The van der Waals surface area contributed by atoms with Gasteiger partial charge >= 0.3 is 0 Å². The van der Waals surface area contributed by atoms with E-state index in [0.717, 1.165) is 30.2 Å². The first-order chi connectivity index (χ1) is 8.81. The number of nitrogens with two attached hydrogens (primary N) is 1. The first-order valence-electron chi connectivity index (χ1n) is 5.99. The molecule has 2 heterocycles. The van der Waals surface area contributed by atoms with Crippen molar-refractivity contribution < 1.29 is 4.74 Å². The van der Waals surface area contributed by atoms with Crippen molar-refractivity contribution in [1.29, 1.82) is 0 Å². The zero-order valence-corrected chi connectivity index (χ0v) is 10.3. The Balaban J connectivity index is 2.08. The highest BCUT2D eigenvalue weighted by atomic mass is 16.5. The number of rotatable bonds is 3. The molecule has 18 heavy (non-hydrogen) atoms. The Bertz CT molecular complexity index is 564. The van der Waals surface area contributed by atoms with Crippen LogP contribution >= 0.6 is 0 Å². The van der Waals surface area contributed by atoms with E-state index < -0.39 is 0 Å². The van der Waals surface area contributed by atoms with E-state index >= 15 is 0 Å². The van der Waals surface area contributed by atoms with E-state index in [1.54, 1.807) is 6.20 Å². The van der Waals surface area contributed by atoms with Crippen molar-refractivity contribution in [3.8, 4) is 5.75 Å². The van der Waals surface area contributed by atoms with Gasteiger partial charge in [0.2, 0.25) is 0 Å². The van der Waals surface area contributed by atoms with E-state index in [-0.39, 0.29) is 6.04 Å². The van der Waals surface area contributed by atoms with Crippen LogP contribution < -0.4 is 16.0 Å². The van der Waals surface area contributed by atoms with Crippen molar-refractivity contribution in [2.24, 2.45) is 12.9 Å². The predicted octanol–water partition coefficient (Wildman–Crippen LogP) is 0.908. The quantitative estimate of drug-likeness (QED) is 0.622. The van der Waals surface area contributed by atoms with Crippen molar-refractivity contribution in [1.82, 2.24) is 15.0 Å². The lowest BCUT2D eigenvalue weighted by Gasteiger charge is -2.18. The lowest BCUT2D eigenvalue weighted by atomic mass is 10.0. The molecule has 5 heteroatoms. The summed E-state index contributed by atoms with van der Waals surface area (Å²) in [4.78, 5) is 4.35. The smallest absolute Gasteiger partial charge is 0.131 e. The summed E-state index contributed by atoms with van der Waals surface area (Å²) in [7, 11) is 1.96. The van der Waals surface area contributed by atoms with Crippen LogP contribution in [-0.2, 0) is 13.5 Å². The van der Waals surface area contributed by atoms with Gasteiger partial charge in [0.15, 0.2) is 0 Å². The number of imidazole rings is 1. The second-order valence-electron chi connectivity index (χ2n) is 4.43. The van der Waals surface area contributed by atoms with Crippen LogP contribution in [0.3, 0.4) is 0 Å². The van der Waals surface area contributed by atoms with Gasteiger partial charge < -0.3 is 9.30 Å². The van der Waals surface area contributed by atoms with Gasteiger partial charge in [0.05, 0.1) is 6.61 Å². The average Bonchev–Trinajstić information content (AvgIpc) is 3.00. The first-order valence-corrected chi connectivity index (χ1v) is 5.99. The van der Waals surface area contributed by atoms with E-state index in [0.29, 0.717) is 0 Å². The number of para-hydroxylation sites is 1. The molecule has 1 aliphatic rings. The van der Waals surface area contributed by atoms with Crippen molar-refractivity contribution in [3.63, 3.8) is 0 Å². The maximum Gasteiger partial charge on any atom is 0.131 e. The summed E-state index contributed by atoms with van der Waals surface area (Å²) in [5.41, 5.74) is 5.11. The summed E-state index contributed by atoms with van der Waals surface area (Å²) < 4.78 is 7.67. The van der Waals surface area contributed by atoms with Gasteiger partial charge in [-0.05, 0) is 5.56 Å². The summed E-state index contributed by atoms with van der Waals surface area (Å²) in [5, 5.41) is 0. The number of nitrogens with zero attached hydrogens (tertiary/aromatic N) is 2. The fourth-order valence-corrected chi connectivity index (χ4v) is 2.43. The zero-order valence-electron chi connectivity index (χ0n) is 10.3. The van der Waals surface area contributed by atoms with Gasteiger partial charge in [-0.1, -0.05) is 18.2 Å². The highest BCUT2D eigenvalue weighted by Crippen LogP contribution is 2.35. The average molecular weight is 244 g/mol. The fourth-order valence-electron chi connectivity index (χ4n) is 2.43. The van der Waals surface area contributed by atoms with Crippen molar-refractivity contribution in [2.45, 2.75) is 12.5 Å². The molecule has 1 unspecified atom stereocenters. The number of ether oxygens (including phenoxy) is 1. The molecule has 0 fully saturated rings. The SMILES string of the molecule is Cn1ccnc1C(NN)c1cccc2c1OCC2. The van der Waals surface area contributed by atoms with Crippen LogP contribution in [-0.4, -0.2) is 16.2 Å². The number of fused-ring (bicyclic) bond motifs is 1. The molecule has 0 bridgehead atoms. The van der Waals surface area contributed by atoms with Crippen LogP contribution in [0.1, 0.15) is 23.0 Å². The lowest BCUT2D eigenvalue weighted by molar-refractivity contribution is 0.349. The van der Waals surface area contributed by atoms with E-state index in [1.807, 2.05) is 29.9 Å². The van der Waals surface area contributed by atoms with Gasteiger partial charge in [-0.25, -0.2) is 10.4 Å². The minimum Gasteiger partial charge on any atom is -0.493 e. The molecule has 3 rings (SSSR count). The minimum atomic E-state index is -0.155. The van der Waals surface area contributed by atoms with Crippen LogP contribution in [0, 0.1) is 0 Å². The Morgan fingerprint density at radius 2 is 2.39 bits per heavy atom. The number of nitrogens with one attached hydrogen (secondary N) is 1. The molecule has 5 nitrogen and oxygen atoms in total. The second-order valence-corrected chi connectivity index (χ2v) is 4.43. The molecule has 1 aromatic heterocycles. The third kappa shape index (κ3) is 1.68. The number of hydrogen-bond acceptors (Lipinski definition) is 4. The number of hydrogen-bond donors (Lipinski definition) is 2. The van der Waals surface area contributed by atoms with E-state index in [1.165, 1.54) is 5.56 Å². The summed E-state index contributed by atoms with van der Waals surface area (Å²) in [6.07, 6.45) is 4.63. The maximum absolute atomic E-state index is 5.72. The van der Waals surface area contributed by atoms with Gasteiger partial charge in [-0.15, -0.1) is 0 Å². The van der Waals surface area contributed by atoms with Crippen LogP contribution in [0.15, 0.2) is 30.6 Å². The van der Waals surface area contributed by atoms with Crippen molar-refractivity contribution >= 4 is 0 Å².